The second kappa shape index (κ2) is 5.08. The highest BCUT2D eigenvalue weighted by Gasteiger charge is 2.43. The van der Waals surface area contributed by atoms with Crippen LogP contribution in [0.1, 0.15) is 11.6 Å². The summed E-state index contributed by atoms with van der Waals surface area (Å²) in [7, 11) is 1.40. The number of carbonyl (C=O) groups excluding carboxylic acids is 1. The Balaban J connectivity index is 1.72. The number of hydrogen-bond acceptors (Lipinski definition) is 4. The molecule has 1 saturated heterocycles. The number of nitrogens with one attached hydrogen (secondary N) is 1. The second-order valence-electron chi connectivity index (χ2n) is 5.41. The summed E-state index contributed by atoms with van der Waals surface area (Å²) in [5.41, 5.74) is 1.06. The minimum atomic E-state index is -0.787. The summed E-state index contributed by atoms with van der Waals surface area (Å²) in [6, 6.07) is 3.75. The molecule has 1 aromatic rings. The lowest BCUT2D eigenvalue weighted by molar-refractivity contribution is -0.128. The summed E-state index contributed by atoms with van der Waals surface area (Å²) < 4.78 is 19.5. The maximum absolute atomic E-state index is 14.5. The van der Waals surface area contributed by atoms with Gasteiger partial charge in [-0.15, -0.1) is 0 Å². The van der Waals surface area contributed by atoms with Gasteiger partial charge in [-0.2, -0.15) is 0 Å². The molecule has 1 aliphatic carbocycles. The fourth-order valence-corrected chi connectivity index (χ4v) is 3.04. The van der Waals surface area contributed by atoms with Gasteiger partial charge in [-0.05, 0) is 12.1 Å². The van der Waals surface area contributed by atoms with Gasteiger partial charge < -0.3 is 10.1 Å². The van der Waals surface area contributed by atoms with Crippen LogP contribution in [-0.4, -0.2) is 29.7 Å². The number of ether oxygens (including phenoxy) is 1. The Bertz CT molecular complexity index is 810. The Morgan fingerprint density at radius 2 is 2.22 bits per heavy atom. The molecule has 0 aromatic heterocycles. The van der Waals surface area contributed by atoms with Crippen molar-refractivity contribution < 1.29 is 13.9 Å². The first-order chi connectivity index (χ1) is 11.2. The first-order valence-corrected chi connectivity index (χ1v) is 7.25. The summed E-state index contributed by atoms with van der Waals surface area (Å²) in [6.07, 6.45) is 9.12. The van der Waals surface area contributed by atoms with E-state index in [1.165, 1.54) is 13.2 Å². The molecular formula is C17H14FN3O2. The minimum Gasteiger partial charge on any atom is -0.494 e. The number of rotatable bonds is 2. The number of hydrogen-bond donors (Lipinski definition) is 1. The van der Waals surface area contributed by atoms with Crippen LogP contribution >= 0.6 is 0 Å². The van der Waals surface area contributed by atoms with Crippen LogP contribution in [-0.2, 0) is 4.79 Å². The smallest absolute Gasteiger partial charge is 0.256 e. The third-order valence-corrected chi connectivity index (χ3v) is 4.15. The van der Waals surface area contributed by atoms with E-state index < -0.39 is 11.9 Å². The molecule has 1 fully saturated rings. The molecule has 1 aromatic carbocycles. The molecule has 2 unspecified atom stereocenters. The Labute approximate surface area is 132 Å². The number of amides is 1. The van der Waals surface area contributed by atoms with Gasteiger partial charge in [-0.3, -0.25) is 14.7 Å². The molecule has 0 spiro atoms. The van der Waals surface area contributed by atoms with Crippen molar-refractivity contribution in [1.82, 2.24) is 10.2 Å². The van der Waals surface area contributed by atoms with E-state index in [1.54, 1.807) is 23.2 Å². The molecule has 2 atom stereocenters. The second-order valence-corrected chi connectivity index (χ2v) is 5.41. The first kappa shape index (κ1) is 13.8. The lowest BCUT2D eigenvalue weighted by Gasteiger charge is -2.29. The zero-order chi connectivity index (χ0) is 16.0. The van der Waals surface area contributed by atoms with Crippen LogP contribution in [0.25, 0.3) is 0 Å². The highest BCUT2D eigenvalue weighted by molar-refractivity contribution is 6.06. The van der Waals surface area contributed by atoms with Gasteiger partial charge in [0.25, 0.3) is 5.91 Å². The van der Waals surface area contributed by atoms with Crippen LogP contribution in [0.2, 0.25) is 0 Å². The molecular weight excluding hydrogens is 297 g/mol. The quantitative estimate of drug-likeness (QED) is 0.909. The van der Waals surface area contributed by atoms with Crippen molar-refractivity contribution in [2.45, 2.75) is 12.1 Å². The number of nitrogens with zero attached hydrogens (tertiary/aromatic N) is 2. The maximum atomic E-state index is 14.5. The van der Waals surface area contributed by atoms with E-state index in [-0.39, 0.29) is 23.3 Å². The third kappa shape index (κ3) is 1.98. The van der Waals surface area contributed by atoms with E-state index >= 15 is 0 Å². The Kier molecular flexibility index (Phi) is 3.04. The fourth-order valence-electron chi connectivity index (χ4n) is 3.04. The third-order valence-electron chi connectivity index (χ3n) is 4.15. The molecule has 3 aliphatic rings. The molecule has 0 saturated carbocycles. The molecule has 0 radical (unpaired) electrons. The lowest BCUT2D eigenvalue weighted by Crippen LogP contribution is -2.42. The van der Waals surface area contributed by atoms with Crippen molar-refractivity contribution >= 4 is 11.6 Å². The average Bonchev–Trinajstić information content (AvgIpc) is 2.92. The molecule has 5 nitrogen and oxygen atoms in total. The Morgan fingerprint density at radius 1 is 1.35 bits per heavy atom. The van der Waals surface area contributed by atoms with Crippen LogP contribution in [0.4, 0.5) is 4.39 Å². The lowest BCUT2D eigenvalue weighted by atomic mass is 10.0. The zero-order valence-electron chi connectivity index (χ0n) is 12.4. The molecule has 23 heavy (non-hydrogen) atoms. The van der Waals surface area contributed by atoms with Crippen LogP contribution < -0.4 is 10.1 Å². The van der Waals surface area contributed by atoms with E-state index in [0.29, 0.717) is 5.82 Å². The van der Waals surface area contributed by atoms with Crippen LogP contribution in [0.5, 0.6) is 5.75 Å². The van der Waals surface area contributed by atoms with Crippen LogP contribution in [0.15, 0.2) is 59.5 Å². The van der Waals surface area contributed by atoms with Gasteiger partial charge in [-0.25, -0.2) is 4.39 Å². The molecule has 116 valence electrons. The van der Waals surface area contributed by atoms with Gasteiger partial charge in [0.1, 0.15) is 11.9 Å². The van der Waals surface area contributed by atoms with Gasteiger partial charge >= 0.3 is 0 Å². The van der Waals surface area contributed by atoms with E-state index in [1.807, 2.05) is 24.3 Å². The number of halogens is 1. The number of benzene rings is 1. The summed E-state index contributed by atoms with van der Waals surface area (Å²) in [4.78, 5) is 18.8. The van der Waals surface area contributed by atoms with E-state index in [0.717, 1.165) is 5.71 Å². The monoisotopic (exact) mass is 311 g/mol. The minimum absolute atomic E-state index is 0.119. The van der Waals surface area contributed by atoms with E-state index in [4.69, 9.17) is 4.74 Å². The molecule has 2 heterocycles. The standard InChI is InChI=1S/C17H14FN3O2/c1-23-13-8-4-5-10(15(13)18)16-17(22)21-12-7-3-2-6-11(12)19-9-14(21)20-16/h2-9,12,16,20H,1H3. The van der Waals surface area contributed by atoms with Gasteiger partial charge in [-0.1, -0.05) is 30.4 Å². The molecule has 2 aliphatic heterocycles. The topological polar surface area (TPSA) is 53.9 Å². The van der Waals surface area contributed by atoms with Crippen LogP contribution in [0.3, 0.4) is 0 Å². The molecule has 4 rings (SSSR count). The number of aliphatic imine (C=N–C) groups is 1. The normalized spacial score (nSPS) is 24.6. The highest BCUT2D eigenvalue weighted by Crippen LogP contribution is 2.34. The van der Waals surface area contributed by atoms with E-state index in [9.17, 15) is 9.18 Å². The molecule has 0 bridgehead atoms. The molecule has 1 amide bonds. The summed E-state index contributed by atoms with van der Waals surface area (Å²) in [6.45, 7) is 0. The van der Waals surface area contributed by atoms with E-state index in [2.05, 4.69) is 10.3 Å². The van der Waals surface area contributed by atoms with Gasteiger partial charge in [0.05, 0.1) is 25.1 Å². The molecule has 1 N–H and O–H groups in total. The summed E-state index contributed by atoms with van der Waals surface area (Å²) in [5.74, 6) is -0.0356. The van der Waals surface area contributed by atoms with Crippen molar-refractivity contribution in [3.8, 4) is 5.75 Å². The zero-order valence-corrected chi connectivity index (χ0v) is 12.4. The fraction of sp³-hybridized carbons (Fsp3) is 0.176. The average molecular weight is 311 g/mol. The van der Waals surface area contributed by atoms with Crippen molar-refractivity contribution in [2.24, 2.45) is 4.99 Å². The number of fused-ring (bicyclic) bond motifs is 3. The predicted octanol–water partition coefficient (Wildman–Crippen LogP) is 2.06. The highest BCUT2D eigenvalue weighted by atomic mass is 19.1. The van der Waals surface area contributed by atoms with Gasteiger partial charge in [0.15, 0.2) is 11.6 Å². The maximum Gasteiger partial charge on any atom is 0.256 e. The molecule has 6 heteroatoms. The summed E-state index contributed by atoms with van der Waals surface area (Å²) >= 11 is 0. The van der Waals surface area contributed by atoms with Crippen LogP contribution in [0, 0.1) is 5.82 Å². The number of carbonyl (C=O) groups is 1. The SMILES string of the molecule is COc1cccc(C2NC3=CN=C4C=CC=CC4N3C2=O)c1F. The van der Waals surface area contributed by atoms with Crippen molar-refractivity contribution in [3.63, 3.8) is 0 Å². The predicted molar refractivity (Wildman–Crippen MR) is 83.3 cm³/mol. The van der Waals surface area contributed by atoms with Gasteiger partial charge in [0, 0.05) is 5.56 Å². The van der Waals surface area contributed by atoms with Crippen molar-refractivity contribution in [2.75, 3.05) is 7.11 Å². The largest absolute Gasteiger partial charge is 0.494 e. The first-order valence-electron chi connectivity index (χ1n) is 7.25. The van der Waals surface area contributed by atoms with Crippen molar-refractivity contribution in [1.29, 1.82) is 0 Å². The summed E-state index contributed by atoms with van der Waals surface area (Å²) in [5, 5.41) is 3.06. The number of allylic oxidation sites excluding steroid dienone is 2. The van der Waals surface area contributed by atoms with Gasteiger partial charge in [0.2, 0.25) is 0 Å². The Morgan fingerprint density at radius 3 is 3.04 bits per heavy atom. The Hall–Kier alpha value is -2.89. The number of methoxy groups -OCH3 is 1. The van der Waals surface area contributed by atoms with Crippen molar-refractivity contribution in [3.05, 3.63) is 65.9 Å².